The Hall–Kier alpha value is -2.05. The van der Waals surface area contributed by atoms with Gasteiger partial charge in [-0.15, -0.1) is 0 Å². The summed E-state index contributed by atoms with van der Waals surface area (Å²) in [4.78, 5) is 4.16. The van der Waals surface area contributed by atoms with Crippen LogP contribution in [0.15, 0.2) is 36.5 Å². The van der Waals surface area contributed by atoms with Crippen LogP contribution in [0.4, 0.5) is 11.5 Å². The molecule has 0 unspecified atom stereocenters. The number of aryl methyl sites for hydroxylation is 1. The van der Waals surface area contributed by atoms with Gasteiger partial charge in [0.2, 0.25) is 0 Å². The molecule has 20 heavy (non-hydrogen) atoms. The third kappa shape index (κ3) is 3.49. The third-order valence-electron chi connectivity index (χ3n) is 3.05. The number of nitriles is 1. The molecule has 0 spiro atoms. The van der Waals surface area contributed by atoms with Crippen molar-refractivity contribution in [3.63, 3.8) is 0 Å². The zero-order valence-electron chi connectivity index (χ0n) is 11.4. The van der Waals surface area contributed by atoms with Gasteiger partial charge in [-0.2, -0.15) is 5.26 Å². The van der Waals surface area contributed by atoms with Gasteiger partial charge >= 0.3 is 0 Å². The molecule has 0 radical (unpaired) electrons. The molecule has 0 atom stereocenters. The second kappa shape index (κ2) is 6.93. The largest absolute Gasteiger partial charge is 0.339 e. The number of unbranched alkanes of at least 4 members (excludes halogenated alkanes) is 1. The van der Waals surface area contributed by atoms with Crippen LogP contribution in [0.1, 0.15) is 30.9 Å². The summed E-state index contributed by atoms with van der Waals surface area (Å²) in [6, 6.07) is 11.8. The highest BCUT2D eigenvalue weighted by Crippen LogP contribution is 2.26. The van der Waals surface area contributed by atoms with Crippen molar-refractivity contribution < 1.29 is 0 Å². The van der Waals surface area contributed by atoms with Crippen molar-refractivity contribution >= 4 is 23.1 Å². The topological polar surface area (TPSA) is 48.7 Å². The molecule has 4 heteroatoms. The fourth-order valence-corrected chi connectivity index (χ4v) is 2.09. The number of benzene rings is 1. The molecule has 3 nitrogen and oxygen atoms in total. The standard InChI is InChI=1S/C16H16ClN3/c1-2-3-4-12-5-7-14(8-6-12)20-16-15(17)13(11-18)9-10-19-16/h5-10H,2-4H2,1H3,(H,19,20). The van der Waals surface area contributed by atoms with Crippen LogP contribution >= 0.6 is 11.6 Å². The third-order valence-corrected chi connectivity index (χ3v) is 3.43. The molecule has 2 rings (SSSR count). The predicted molar refractivity (Wildman–Crippen MR) is 82.3 cm³/mol. The molecule has 102 valence electrons. The van der Waals surface area contributed by atoms with Crippen molar-refractivity contribution in [3.05, 3.63) is 52.7 Å². The van der Waals surface area contributed by atoms with Gasteiger partial charge in [-0.05, 0) is 36.6 Å². The second-order valence-electron chi connectivity index (χ2n) is 4.56. The van der Waals surface area contributed by atoms with Gasteiger partial charge in [-0.1, -0.05) is 37.1 Å². The van der Waals surface area contributed by atoms with Crippen LogP contribution in [0.3, 0.4) is 0 Å². The summed E-state index contributed by atoms with van der Waals surface area (Å²) in [7, 11) is 0. The van der Waals surface area contributed by atoms with Crippen molar-refractivity contribution in [1.29, 1.82) is 5.26 Å². The summed E-state index contributed by atoms with van der Waals surface area (Å²) in [5.74, 6) is 0.507. The van der Waals surface area contributed by atoms with Gasteiger partial charge in [0.15, 0.2) is 5.82 Å². The lowest BCUT2D eigenvalue weighted by atomic mass is 10.1. The lowest BCUT2D eigenvalue weighted by Gasteiger charge is -2.08. The van der Waals surface area contributed by atoms with E-state index < -0.39 is 0 Å². The van der Waals surface area contributed by atoms with E-state index in [4.69, 9.17) is 16.9 Å². The summed E-state index contributed by atoms with van der Waals surface area (Å²) >= 11 is 6.11. The highest BCUT2D eigenvalue weighted by molar-refractivity contribution is 6.34. The number of nitrogens with one attached hydrogen (secondary N) is 1. The summed E-state index contributed by atoms with van der Waals surface area (Å²) in [6.07, 6.45) is 5.06. The highest BCUT2D eigenvalue weighted by atomic mass is 35.5. The first-order valence-corrected chi connectivity index (χ1v) is 7.03. The van der Waals surface area contributed by atoms with Crippen LogP contribution in [0, 0.1) is 11.3 Å². The summed E-state index contributed by atoms with van der Waals surface area (Å²) in [5, 5.41) is 12.4. The smallest absolute Gasteiger partial charge is 0.150 e. The Morgan fingerprint density at radius 2 is 2.00 bits per heavy atom. The highest BCUT2D eigenvalue weighted by Gasteiger charge is 2.07. The Morgan fingerprint density at radius 3 is 2.65 bits per heavy atom. The van der Waals surface area contributed by atoms with Crippen LogP contribution in [-0.4, -0.2) is 4.98 Å². The molecule has 1 heterocycles. The SMILES string of the molecule is CCCCc1ccc(Nc2nccc(C#N)c2Cl)cc1. The number of hydrogen-bond acceptors (Lipinski definition) is 3. The maximum atomic E-state index is 8.94. The Labute approximate surface area is 124 Å². The molecule has 0 saturated carbocycles. The Morgan fingerprint density at radius 1 is 1.25 bits per heavy atom. The van der Waals surface area contributed by atoms with Gasteiger partial charge in [0.25, 0.3) is 0 Å². The van der Waals surface area contributed by atoms with Crippen molar-refractivity contribution in [2.24, 2.45) is 0 Å². The van der Waals surface area contributed by atoms with E-state index in [2.05, 4.69) is 29.4 Å². The van der Waals surface area contributed by atoms with E-state index in [1.54, 1.807) is 12.3 Å². The van der Waals surface area contributed by atoms with Gasteiger partial charge < -0.3 is 5.32 Å². The number of anilines is 2. The lowest BCUT2D eigenvalue weighted by Crippen LogP contribution is -1.96. The summed E-state index contributed by atoms with van der Waals surface area (Å²) in [6.45, 7) is 2.19. The van der Waals surface area contributed by atoms with Gasteiger partial charge in [0.1, 0.15) is 11.1 Å². The van der Waals surface area contributed by atoms with Crippen LogP contribution in [0.2, 0.25) is 5.02 Å². The van der Waals surface area contributed by atoms with E-state index >= 15 is 0 Å². The minimum atomic E-state index is 0.352. The van der Waals surface area contributed by atoms with Crippen molar-refractivity contribution in [2.75, 3.05) is 5.32 Å². The number of nitrogens with zero attached hydrogens (tertiary/aromatic N) is 2. The molecule has 0 saturated heterocycles. The molecule has 0 amide bonds. The van der Waals surface area contributed by atoms with Gasteiger partial charge in [0, 0.05) is 11.9 Å². The number of hydrogen-bond donors (Lipinski definition) is 1. The predicted octanol–water partition coefficient (Wildman–Crippen LogP) is 4.69. The molecule has 2 aromatic rings. The molecule has 0 aliphatic rings. The Kier molecular flexibility index (Phi) is 4.97. The zero-order valence-corrected chi connectivity index (χ0v) is 12.1. The van der Waals surface area contributed by atoms with Crippen LogP contribution in [0.25, 0.3) is 0 Å². The van der Waals surface area contributed by atoms with Crippen molar-refractivity contribution in [2.45, 2.75) is 26.2 Å². The second-order valence-corrected chi connectivity index (χ2v) is 4.94. The zero-order chi connectivity index (χ0) is 14.4. The molecule has 0 aliphatic carbocycles. The van der Waals surface area contributed by atoms with Gasteiger partial charge in [0.05, 0.1) is 5.56 Å². The van der Waals surface area contributed by atoms with Crippen molar-refractivity contribution in [1.82, 2.24) is 4.98 Å². The molecule has 0 aliphatic heterocycles. The normalized spacial score (nSPS) is 10.1. The van der Waals surface area contributed by atoms with Gasteiger partial charge in [-0.25, -0.2) is 4.98 Å². The molecule has 1 N–H and O–H groups in total. The number of pyridine rings is 1. The van der Waals surface area contributed by atoms with Crippen molar-refractivity contribution in [3.8, 4) is 6.07 Å². The summed E-state index contributed by atoms with van der Waals surface area (Å²) in [5.41, 5.74) is 2.65. The first-order valence-electron chi connectivity index (χ1n) is 6.65. The Balaban J connectivity index is 2.13. The number of rotatable bonds is 5. The minimum Gasteiger partial charge on any atom is -0.339 e. The van der Waals surface area contributed by atoms with Crippen LogP contribution < -0.4 is 5.32 Å². The molecule has 0 bridgehead atoms. The first kappa shape index (κ1) is 14.4. The van der Waals surface area contributed by atoms with Gasteiger partial charge in [-0.3, -0.25) is 0 Å². The van der Waals surface area contributed by atoms with E-state index in [1.165, 1.54) is 18.4 Å². The molecule has 0 fully saturated rings. The average Bonchev–Trinajstić information content (AvgIpc) is 2.48. The lowest BCUT2D eigenvalue weighted by molar-refractivity contribution is 0.795. The van der Waals surface area contributed by atoms with Crippen LogP contribution in [0.5, 0.6) is 0 Å². The van der Waals surface area contributed by atoms with E-state index in [-0.39, 0.29) is 0 Å². The molecular weight excluding hydrogens is 270 g/mol. The van der Waals surface area contributed by atoms with Crippen LogP contribution in [-0.2, 0) is 6.42 Å². The summed E-state index contributed by atoms with van der Waals surface area (Å²) < 4.78 is 0. The maximum absolute atomic E-state index is 8.94. The van der Waals surface area contributed by atoms with E-state index in [0.717, 1.165) is 12.1 Å². The van der Waals surface area contributed by atoms with E-state index in [1.807, 2.05) is 18.2 Å². The maximum Gasteiger partial charge on any atom is 0.150 e. The first-order chi connectivity index (χ1) is 9.74. The fraction of sp³-hybridized carbons (Fsp3) is 0.250. The quantitative estimate of drug-likeness (QED) is 0.867. The number of aromatic nitrogens is 1. The monoisotopic (exact) mass is 285 g/mol. The molecule has 1 aromatic heterocycles. The average molecular weight is 286 g/mol. The Bertz CT molecular complexity index is 615. The number of halogens is 1. The molecular formula is C16H16ClN3. The fourth-order valence-electron chi connectivity index (χ4n) is 1.89. The molecule has 1 aromatic carbocycles. The minimum absolute atomic E-state index is 0.352. The van der Waals surface area contributed by atoms with E-state index in [9.17, 15) is 0 Å². The van der Waals surface area contributed by atoms with E-state index in [0.29, 0.717) is 16.4 Å².